The van der Waals surface area contributed by atoms with E-state index in [1.54, 1.807) is 23.5 Å². The van der Waals surface area contributed by atoms with E-state index in [0.29, 0.717) is 17.7 Å². The van der Waals surface area contributed by atoms with Crippen LogP contribution in [0.4, 0.5) is 23.7 Å². The van der Waals surface area contributed by atoms with E-state index in [2.05, 4.69) is 17.2 Å². The number of aliphatic hydroxyl groups excluding tert-OH is 1. The lowest BCUT2D eigenvalue weighted by Gasteiger charge is -2.10. The highest BCUT2D eigenvalue weighted by atomic mass is 19.4. The van der Waals surface area contributed by atoms with Crippen LogP contribution in [0.15, 0.2) is 18.2 Å². The number of amides is 2. The van der Waals surface area contributed by atoms with E-state index in [-0.39, 0.29) is 6.61 Å². The number of urea groups is 1. The van der Waals surface area contributed by atoms with E-state index >= 15 is 0 Å². The van der Waals surface area contributed by atoms with Crippen LogP contribution in [0.25, 0.3) is 0 Å². The lowest BCUT2D eigenvalue weighted by Crippen LogP contribution is -2.36. The van der Waals surface area contributed by atoms with Gasteiger partial charge in [0, 0.05) is 17.7 Å². The van der Waals surface area contributed by atoms with Crippen molar-refractivity contribution in [3.05, 3.63) is 29.3 Å². The molecule has 1 aromatic rings. The second-order valence-electron chi connectivity index (χ2n) is 4.23. The smallest absolute Gasteiger partial charge is 0.395 e. The van der Waals surface area contributed by atoms with Gasteiger partial charge in [0.2, 0.25) is 0 Å². The number of halogens is 3. The van der Waals surface area contributed by atoms with Crippen LogP contribution in [0.5, 0.6) is 0 Å². The minimum absolute atomic E-state index is 0.0517. The molecule has 0 saturated heterocycles. The molecular weight excluding hydrogens is 285 g/mol. The molecule has 0 aliphatic heterocycles. The maximum Gasteiger partial charge on any atom is 0.405 e. The number of nitrogens with one attached hydrogen (secondary N) is 2. The number of aliphatic hydroxyl groups is 1. The summed E-state index contributed by atoms with van der Waals surface area (Å²) in [7, 11) is 0. The van der Waals surface area contributed by atoms with Crippen molar-refractivity contribution in [2.45, 2.75) is 19.5 Å². The van der Waals surface area contributed by atoms with Crippen LogP contribution in [0, 0.1) is 18.8 Å². The summed E-state index contributed by atoms with van der Waals surface area (Å²) in [6.07, 6.45) is -4.13. The van der Waals surface area contributed by atoms with Crippen molar-refractivity contribution in [1.82, 2.24) is 5.32 Å². The molecule has 0 aliphatic carbocycles. The lowest BCUT2D eigenvalue weighted by molar-refractivity contribution is -0.122. The van der Waals surface area contributed by atoms with Crippen LogP contribution in [0.1, 0.15) is 17.5 Å². The number of carbonyl (C=O) groups excluding carboxylic acids is 1. The Bertz CT molecular complexity index is 560. The monoisotopic (exact) mass is 300 g/mol. The fraction of sp³-hybridized carbons (Fsp3) is 0.357. The Morgan fingerprint density at radius 3 is 2.71 bits per heavy atom. The van der Waals surface area contributed by atoms with E-state index in [1.165, 1.54) is 0 Å². The standard InChI is InChI=1S/C14H15F3N2O2/c1-10-5-6-12(8-11(10)4-2-3-7-20)19-13(21)18-9-14(15,16)17/h5-6,8,20H,3,7,9H2,1H3,(H2,18,19,21). The number of rotatable bonds is 3. The van der Waals surface area contributed by atoms with Gasteiger partial charge < -0.3 is 15.7 Å². The molecule has 4 nitrogen and oxygen atoms in total. The molecule has 0 fully saturated rings. The third-order valence-electron chi connectivity index (χ3n) is 2.40. The Kier molecular flexibility index (Phi) is 6.06. The van der Waals surface area contributed by atoms with Crippen LogP contribution in [-0.2, 0) is 0 Å². The molecule has 0 radical (unpaired) electrons. The van der Waals surface area contributed by atoms with Gasteiger partial charge in [-0.2, -0.15) is 13.2 Å². The highest BCUT2D eigenvalue weighted by molar-refractivity contribution is 5.89. The summed E-state index contributed by atoms with van der Waals surface area (Å²) < 4.78 is 35.9. The molecule has 0 aromatic heterocycles. The van der Waals surface area contributed by atoms with E-state index in [9.17, 15) is 18.0 Å². The fourth-order valence-electron chi connectivity index (χ4n) is 1.40. The molecule has 0 aliphatic rings. The molecule has 1 rings (SSSR count). The quantitative estimate of drug-likeness (QED) is 0.751. The van der Waals surface area contributed by atoms with E-state index < -0.39 is 18.8 Å². The molecule has 1 aromatic carbocycles. The van der Waals surface area contributed by atoms with Crippen molar-refractivity contribution in [3.8, 4) is 11.8 Å². The molecule has 3 N–H and O–H groups in total. The molecule has 0 bridgehead atoms. The second-order valence-corrected chi connectivity index (χ2v) is 4.23. The van der Waals surface area contributed by atoms with Crippen molar-refractivity contribution in [2.75, 3.05) is 18.5 Å². The van der Waals surface area contributed by atoms with Gasteiger partial charge in [0.1, 0.15) is 6.54 Å². The summed E-state index contributed by atoms with van der Waals surface area (Å²) in [4.78, 5) is 11.3. The van der Waals surface area contributed by atoms with Crippen molar-refractivity contribution in [2.24, 2.45) is 0 Å². The largest absolute Gasteiger partial charge is 0.405 e. The van der Waals surface area contributed by atoms with Crippen LogP contribution in [0.3, 0.4) is 0 Å². The first-order valence-corrected chi connectivity index (χ1v) is 6.14. The van der Waals surface area contributed by atoms with Gasteiger partial charge in [-0.15, -0.1) is 0 Å². The van der Waals surface area contributed by atoms with Gasteiger partial charge in [0.15, 0.2) is 0 Å². The van der Waals surface area contributed by atoms with Crippen molar-refractivity contribution in [1.29, 1.82) is 0 Å². The molecule has 114 valence electrons. The number of anilines is 1. The first-order chi connectivity index (χ1) is 9.81. The predicted octanol–water partition coefficient (Wildman–Crippen LogP) is 2.41. The molecule has 2 amide bonds. The molecule has 7 heteroatoms. The summed E-state index contributed by atoms with van der Waals surface area (Å²) in [5, 5.41) is 12.7. The number of benzene rings is 1. The summed E-state index contributed by atoms with van der Waals surface area (Å²) in [6, 6.07) is 3.89. The van der Waals surface area contributed by atoms with Crippen LogP contribution in [-0.4, -0.2) is 30.5 Å². The Labute approximate surface area is 120 Å². The summed E-state index contributed by atoms with van der Waals surface area (Å²) in [5.74, 6) is 5.56. The Morgan fingerprint density at radius 1 is 1.38 bits per heavy atom. The SMILES string of the molecule is Cc1ccc(NC(=O)NCC(F)(F)F)cc1C#CCCO. The minimum atomic E-state index is -4.45. The number of aryl methyl sites for hydroxylation is 1. The van der Waals surface area contributed by atoms with Gasteiger partial charge in [-0.25, -0.2) is 4.79 Å². The van der Waals surface area contributed by atoms with Crippen molar-refractivity contribution >= 4 is 11.7 Å². The minimum Gasteiger partial charge on any atom is -0.395 e. The zero-order valence-corrected chi connectivity index (χ0v) is 11.3. The first kappa shape index (κ1) is 16.9. The Hall–Kier alpha value is -2.20. The molecule has 0 unspecified atom stereocenters. The number of hydrogen-bond donors (Lipinski definition) is 3. The molecular formula is C14H15F3N2O2. The van der Waals surface area contributed by atoms with Crippen molar-refractivity contribution in [3.63, 3.8) is 0 Å². The summed E-state index contributed by atoms with van der Waals surface area (Å²) >= 11 is 0. The van der Waals surface area contributed by atoms with Crippen LogP contribution >= 0.6 is 0 Å². The lowest BCUT2D eigenvalue weighted by atomic mass is 10.1. The molecule has 21 heavy (non-hydrogen) atoms. The Balaban J connectivity index is 2.70. The highest BCUT2D eigenvalue weighted by Crippen LogP contribution is 2.15. The predicted molar refractivity (Wildman–Crippen MR) is 72.8 cm³/mol. The van der Waals surface area contributed by atoms with Gasteiger partial charge >= 0.3 is 12.2 Å². The number of hydrogen-bond acceptors (Lipinski definition) is 2. The zero-order chi connectivity index (χ0) is 15.9. The molecule has 0 heterocycles. The second kappa shape index (κ2) is 7.55. The first-order valence-electron chi connectivity index (χ1n) is 6.14. The average molecular weight is 300 g/mol. The third kappa shape index (κ3) is 6.68. The van der Waals surface area contributed by atoms with Gasteiger partial charge in [-0.3, -0.25) is 0 Å². The zero-order valence-electron chi connectivity index (χ0n) is 11.3. The maximum absolute atomic E-state index is 12.0. The molecule has 0 atom stereocenters. The maximum atomic E-state index is 12.0. The van der Waals surface area contributed by atoms with E-state index in [4.69, 9.17) is 5.11 Å². The van der Waals surface area contributed by atoms with Gasteiger partial charge in [-0.05, 0) is 24.6 Å². The van der Waals surface area contributed by atoms with Crippen molar-refractivity contribution < 1.29 is 23.1 Å². The fourth-order valence-corrected chi connectivity index (χ4v) is 1.40. The highest BCUT2D eigenvalue weighted by Gasteiger charge is 2.27. The average Bonchev–Trinajstić information content (AvgIpc) is 2.39. The summed E-state index contributed by atoms with van der Waals surface area (Å²) in [6.45, 7) is 0.369. The molecule has 0 saturated carbocycles. The molecule has 0 spiro atoms. The number of carbonyl (C=O) groups is 1. The normalized spacial score (nSPS) is 10.5. The van der Waals surface area contributed by atoms with E-state index in [1.807, 2.05) is 6.92 Å². The topological polar surface area (TPSA) is 61.4 Å². The summed E-state index contributed by atoms with van der Waals surface area (Å²) in [5.41, 5.74) is 1.84. The van der Waals surface area contributed by atoms with Gasteiger partial charge in [0.25, 0.3) is 0 Å². The van der Waals surface area contributed by atoms with Gasteiger partial charge in [-0.1, -0.05) is 17.9 Å². The van der Waals surface area contributed by atoms with Crippen LogP contribution in [0.2, 0.25) is 0 Å². The van der Waals surface area contributed by atoms with Gasteiger partial charge in [0.05, 0.1) is 6.61 Å². The van der Waals surface area contributed by atoms with Crippen LogP contribution < -0.4 is 10.6 Å². The number of alkyl halides is 3. The third-order valence-corrected chi connectivity index (χ3v) is 2.40. The van der Waals surface area contributed by atoms with E-state index in [0.717, 1.165) is 5.56 Å². The Morgan fingerprint density at radius 2 is 2.10 bits per heavy atom.